The van der Waals surface area contributed by atoms with E-state index in [0.29, 0.717) is 30.1 Å². The number of aliphatic hydroxyl groups is 1. The van der Waals surface area contributed by atoms with Gasteiger partial charge in [-0.25, -0.2) is 4.39 Å². The summed E-state index contributed by atoms with van der Waals surface area (Å²) in [6, 6.07) is 9.50. The van der Waals surface area contributed by atoms with Gasteiger partial charge in [-0.15, -0.1) is 0 Å². The van der Waals surface area contributed by atoms with Crippen molar-refractivity contribution in [2.45, 2.75) is 12.5 Å². The summed E-state index contributed by atoms with van der Waals surface area (Å²) in [6.07, 6.45) is 0.632. The van der Waals surface area contributed by atoms with Gasteiger partial charge in [-0.05, 0) is 63.0 Å². The van der Waals surface area contributed by atoms with Crippen LogP contribution in [0.4, 0.5) is 4.39 Å². The molecule has 1 aliphatic rings. The highest BCUT2D eigenvalue weighted by Crippen LogP contribution is 2.41. The van der Waals surface area contributed by atoms with E-state index in [1.54, 1.807) is 24.3 Å². The number of rotatable bonds is 7. The largest absolute Gasteiger partial charge is 0.507 e. The van der Waals surface area contributed by atoms with Crippen molar-refractivity contribution < 1.29 is 23.8 Å². The number of nitrogens with zero attached hydrogens (tertiary/aromatic N) is 2. The van der Waals surface area contributed by atoms with Gasteiger partial charge in [0, 0.05) is 11.6 Å². The van der Waals surface area contributed by atoms with Crippen molar-refractivity contribution in [1.82, 2.24) is 9.80 Å². The summed E-state index contributed by atoms with van der Waals surface area (Å²) in [6.45, 7) is 1.03. The van der Waals surface area contributed by atoms with Crippen LogP contribution in [0.25, 0.3) is 5.76 Å². The lowest BCUT2D eigenvalue weighted by molar-refractivity contribution is -0.139. The molecular weight excluding hydrogens is 423 g/mol. The molecule has 1 saturated heterocycles. The second-order valence-corrected chi connectivity index (χ2v) is 7.98. The maximum atomic E-state index is 13.9. The molecule has 1 aliphatic heterocycles. The minimum atomic E-state index is -0.826. The Hall–Kier alpha value is -2.90. The van der Waals surface area contributed by atoms with E-state index in [1.807, 2.05) is 19.0 Å². The van der Waals surface area contributed by atoms with Crippen LogP contribution in [0.2, 0.25) is 5.02 Å². The first-order valence-electron chi connectivity index (χ1n) is 9.77. The zero-order chi connectivity index (χ0) is 22.7. The summed E-state index contributed by atoms with van der Waals surface area (Å²) in [7, 11) is 5.21. The first-order chi connectivity index (χ1) is 14.7. The number of hydrogen-bond donors (Lipinski definition) is 1. The summed E-state index contributed by atoms with van der Waals surface area (Å²) in [5, 5.41) is 11.6. The molecule has 2 aromatic carbocycles. The van der Waals surface area contributed by atoms with E-state index in [4.69, 9.17) is 16.3 Å². The lowest BCUT2D eigenvalue weighted by Gasteiger charge is -2.26. The summed E-state index contributed by atoms with van der Waals surface area (Å²) < 4.78 is 19.1. The van der Waals surface area contributed by atoms with Crippen LogP contribution in [0.1, 0.15) is 23.6 Å². The van der Waals surface area contributed by atoms with Gasteiger partial charge >= 0.3 is 0 Å². The quantitative estimate of drug-likeness (QED) is 0.397. The van der Waals surface area contributed by atoms with Gasteiger partial charge < -0.3 is 19.6 Å². The number of hydrogen-bond acceptors (Lipinski definition) is 5. The third-order valence-electron chi connectivity index (χ3n) is 5.15. The molecule has 0 bridgehead atoms. The maximum absolute atomic E-state index is 13.9. The average molecular weight is 447 g/mol. The van der Waals surface area contributed by atoms with Crippen molar-refractivity contribution in [2.24, 2.45) is 0 Å². The number of aliphatic hydroxyl groups excluding tert-OH is 1. The highest BCUT2D eigenvalue weighted by molar-refractivity contribution is 6.46. The number of likely N-dealkylation sites (tertiary alicyclic amines) is 1. The van der Waals surface area contributed by atoms with Crippen LogP contribution in [0.3, 0.4) is 0 Å². The number of amides is 1. The molecule has 8 heteroatoms. The zero-order valence-electron chi connectivity index (χ0n) is 17.6. The highest BCUT2D eigenvalue weighted by Gasteiger charge is 2.46. The smallest absolute Gasteiger partial charge is 0.295 e. The Morgan fingerprint density at radius 3 is 2.48 bits per heavy atom. The van der Waals surface area contributed by atoms with Gasteiger partial charge in [-0.3, -0.25) is 9.59 Å². The molecule has 31 heavy (non-hydrogen) atoms. The predicted octanol–water partition coefficient (Wildman–Crippen LogP) is 3.86. The fourth-order valence-electron chi connectivity index (χ4n) is 3.67. The van der Waals surface area contributed by atoms with E-state index in [0.717, 1.165) is 6.07 Å². The minimum Gasteiger partial charge on any atom is -0.507 e. The third kappa shape index (κ3) is 4.73. The molecule has 6 nitrogen and oxygen atoms in total. The number of carbonyl (C=O) groups is 2. The molecule has 1 N–H and O–H groups in total. The second-order valence-electron chi connectivity index (χ2n) is 7.55. The van der Waals surface area contributed by atoms with Gasteiger partial charge in [0.2, 0.25) is 0 Å². The topological polar surface area (TPSA) is 70.1 Å². The van der Waals surface area contributed by atoms with E-state index in [-0.39, 0.29) is 16.9 Å². The summed E-state index contributed by atoms with van der Waals surface area (Å²) in [4.78, 5) is 29.3. The molecule has 164 valence electrons. The number of ketones is 1. The molecule has 1 heterocycles. The van der Waals surface area contributed by atoms with Crippen LogP contribution < -0.4 is 4.74 Å². The van der Waals surface area contributed by atoms with E-state index in [9.17, 15) is 19.1 Å². The van der Waals surface area contributed by atoms with Crippen molar-refractivity contribution in [1.29, 1.82) is 0 Å². The van der Waals surface area contributed by atoms with Gasteiger partial charge in [0.1, 0.15) is 17.3 Å². The van der Waals surface area contributed by atoms with Gasteiger partial charge in [-0.1, -0.05) is 23.7 Å². The Morgan fingerprint density at radius 1 is 1.19 bits per heavy atom. The molecule has 3 rings (SSSR count). The van der Waals surface area contributed by atoms with E-state index in [1.165, 1.54) is 24.1 Å². The highest BCUT2D eigenvalue weighted by atomic mass is 35.5. The van der Waals surface area contributed by atoms with Crippen molar-refractivity contribution in [3.63, 3.8) is 0 Å². The third-order valence-corrected chi connectivity index (χ3v) is 5.40. The number of methoxy groups -OCH3 is 1. The normalized spacial score (nSPS) is 18.1. The van der Waals surface area contributed by atoms with Crippen LogP contribution >= 0.6 is 11.6 Å². The first-order valence-corrected chi connectivity index (χ1v) is 10.1. The molecule has 0 radical (unpaired) electrons. The van der Waals surface area contributed by atoms with Crippen LogP contribution in [-0.4, -0.2) is 60.9 Å². The molecule has 2 aromatic rings. The molecule has 0 aromatic heterocycles. The fraction of sp³-hybridized carbons (Fsp3) is 0.304. The van der Waals surface area contributed by atoms with Crippen LogP contribution in [-0.2, 0) is 9.59 Å². The standard InChI is InChI=1S/C23H24ClFN2O4/c1-26(2)11-4-12-27-20(14-5-7-15(24)8-6-14)19(22(29)23(27)30)21(28)17-13-16(25)9-10-18(17)31-3/h5-10,13,20,28H,4,11-12H2,1-3H3/b21-19+. The fourth-order valence-corrected chi connectivity index (χ4v) is 3.80. The van der Waals surface area contributed by atoms with Crippen LogP contribution in [0, 0.1) is 5.82 Å². The Labute approximate surface area is 185 Å². The van der Waals surface area contributed by atoms with Crippen LogP contribution in [0.5, 0.6) is 5.75 Å². The predicted molar refractivity (Wildman–Crippen MR) is 117 cm³/mol. The van der Waals surface area contributed by atoms with E-state index >= 15 is 0 Å². The molecule has 1 fully saturated rings. The number of Topliss-reactive ketones (excluding diaryl/α,β-unsaturated/α-hetero) is 1. The lowest BCUT2D eigenvalue weighted by atomic mass is 9.95. The lowest BCUT2D eigenvalue weighted by Crippen LogP contribution is -2.32. The molecule has 0 saturated carbocycles. The van der Waals surface area contributed by atoms with E-state index in [2.05, 4.69) is 0 Å². The number of ether oxygens (including phenoxy) is 1. The van der Waals surface area contributed by atoms with Gasteiger partial charge in [-0.2, -0.15) is 0 Å². The maximum Gasteiger partial charge on any atom is 0.295 e. The number of halogens is 2. The van der Waals surface area contributed by atoms with Gasteiger partial charge in [0.05, 0.1) is 24.3 Å². The Kier molecular flexibility index (Phi) is 6.97. The average Bonchev–Trinajstić information content (AvgIpc) is 2.98. The SMILES string of the molecule is COc1ccc(F)cc1/C(O)=C1\C(=O)C(=O)N(CCCN(C)C)C1c1ccc(Cl)cc1. The van der Waals surface area contributed by atoms with Crippen LogP contribution in [0.15, 0.2) is 48.0 Å². The molecule has 1 amide bonds. The van der Waals surface area contributed by atoms with Crippen molar-refractivity contribution >= 4 is 29.1 Å². The molecule has 0 spiro atoms. The Balaban J connectivity index is 2.15. The van der Waals surface area contributed by atoms with Crippen molar-refractivity contribution in [3.8, 4) is 5.75 Å². The van der Waals surface area contributed by atoms with Crippen molar-refractivity contribution in [3.05, 3.63) is 70.0 Å². The summed E-state index contributed by atoms with van der Waals surface area (Å²) in [5.74, 6) is -2.44. The summed E-state index contributed by atoms with van der Waals surface area (Å²) in [5.41, 5.74) is 0.513. The minimum absolute atomic E-state index is 0.00718. The summed E-state index contributed by atoms with van der Waals surface area (Å²) >= 11 is 6.01. The van der Waals surface area contributed by atoms with Gasteiger partial charge in [0.25, 0.3) is 11.7 Å². The van der Waals surface area contributed by atoms with Crippen molar-refractivity contribution in [2.75, 3.05) is 34.3 Å². The second kappa shape index (κ2) is 9.49. The number of carbonyl (C=O) groups excluding carboxylic acids is 2. The Bertz CT molecular complexity index is 1020. The molecule has 1 atom stereocenters. The zero-order valence-corrected chi connectivity index (χ0v) is 18.3. The Morgan fingerprint density at radius 2 is 1.87 bits per heavy atom. The monoisotopic (exact) mass is 446 g/mol. The molecule has 0 aliphatic carbocycles. The van der Waals surface area contributed by atoms with E-state index < -0.39 is 29.3 Å². The molecule has 1 unspecified atom stereocenters. The number of benzene rings is 2. The first kappa shape index (κ1) is 22.8. The molecular formula is C23H24ClFN2O4. The van der Waals surface area contributed by atoms with Gasteiger partial charge in [0.15, 0.2) is 0 Å².